The highest BCUT2D eigenvalue weighted by Gasteiger charge is 2.28. The Balaban J connectivity index is 2.10. The van der Waals surface area contributed by atoms with Gasteiger partial charge in [0.25, 0.3) is 0 Å². The first-order chi connectivity index (χ1) is 13.9. The molecule has 0 radical (unpaired) electrons. The first kappa shape index (κ1) is 23.1. The van der Waals surface area contributed by atoms with Crippen molar-refractivity contribution < 1.29 is 18.9 Å². The van der Waals surface area contributed by atoms with E-state index >= 15 is 0 Å². The van der Waals surface area contributed by atoms with Crippen molar-refractivity contribution >= 4 is 5.96 Å². The van der Waals surface area contributed by atoms with Crippen LogP contribution < -0.4 is 24.8 Å². The first-order valence-electron chi connectivity index (χ1n) is 10.1. The van der Waals surface area contributed by atoms with Gasteiger partial charge in [0.2, 0.25) is 0 Å². The zero-order chi connectivity index (χ0) is 21.3. The summed E-state index contributed by atoms with van der Waals surface area (Å²) in [5.41, 5.74) is 0.927. The molecule has 0 aliphatic carbocycles. The largest absolute Gasteiger partial charge is 0.496 e. The van der Waals surface area contributed by atoms with E-state index in [2.05, 4.69) is 36.3 Å². The molecular formula is C21H36N4O4. The number of aliphatic imine (C=N–C) groups is 1. The van der Waals surface area contributed by atoms with Crippen molar-refractivity contribution in [3.63, 3.8) is 0 Å². The van der Waals surface area contributed by atoms with Gasteiger partial charge in [-0.1, -0.05) is 0 Å². The van der Waals surface area contributed by atoms with Crippen LogP contribution in [0.15, 0.2) is 17.1 Å². The molecule has 1 saturated heterocycles. The average molecular weight is 409 g/mol. The number of nitrogens with zero attached hydrogens (tertiary/aromatic N) is 2. The predicted octanol–water partition coefficient (Wildman–Crippen LogP) is 1.88. The maximum absolute atomic E-state index is 5.51. The normalized spacial score (nSPS) is 15.7. The zero-order valence-electron chi connectivity index (χ0n) is 18.6. The minimum atomic E-state index is 0.000987. The molecule has 0 saturated carbocycles. The van der Waals surface area contributed by atoms with E-state index in [4.69, 9.17) is 23.9 Å². The zero-order valence-corrected chi connectivity index (χ0v) is 18.6. The molecule has 8 nitrogen and oxygen atoms in total. The summed E-state index contributed by atoms with van der Waals surface area (Å²) >= 11 is 0. The van der Waals surface area contributed by atoms with Crippen LogP contribution in [-0.2, 0) is 11.3 Å². The molecule has 0 unspecified atom stereocenters. The lowest BCUT2D eigenvalue weighted by Gasteiger charge is -2.41. The lowest BCUT2D eigenvalue weighted by atomic mass is 10.0. The molecule has 0 aromatic heterocycles. The van der Waals surface area contributed by atoms with Crippen LogP contribution in [0, 0.1) is 0 Å². The number of ether oxygens (including phenoxy) is 4. The molecule has 1 aromatic carbocycles. The molecule has 29 heavy (non-hydrogen) atoms. The Morgan fingerprint density at radius 2 is 1.66 bits per heavy atom. The molecule has 1 fully saturated rings. The van der Waals surface area contributed by atoms with E-state index in [1.807, 2.05) is 12.1 Å². The smallest absolute Gasteiger partial charge is 0.191 e. The van der Waals surface area contributed by atoms with Crippen molar-refractivity contribution in [3.05, 3.63) is 17.7 Å². The van der Waals surface area contributed by atoms with Crippen LogP contribution in [0.1, 0.15) is 26.3 Å². The molecule has 0 amide bonds. The molecule has 2 rings (SSSR count). The molecule has 1 heterocycles. The minimum absolute atomic E-state index is 0.000987. The summed E-state index contributed by atoms with van der Waals surface area (Å²) in [7, 11) is 4.87. The summed E-state index contributed by atoms with van der Waals surface area (Å²) in [6.45, 7) is 12.0. The van der Waals surface area contributed by atoms with Gasteiger partial charge in [0.15, 0.2) is 17.5 Å². The van der Waals surface area contributed by atoms with E-state index < -0.39 is 0 Å². The number of guanidine groups is 1. The Bertz CT molecular complexity index is 673. The number of benzene rings is 1. The fourth-order valence-electron chi connectivity index (χ4n) is 3.30. The average Bonchev–Trinajstić information content (AvgIpc) is 2.75. The standard InChI is InChI=1S/C21H36N4O4/c1-7-22-20(24-15-21(2,3)25-8-10-29-11-9-25)23-14-16-12-18(27-5)19(28-6)13-17(16)26-4/h12-13H,7-11,14-15H2,1-6H3,(H2,22,23,24). The van der Waals surface area contributed by atoms with Gasteiger partial charge in [-0.05, 0) is 26.8 Å². The van der Waals surface area contributed by atoms with E-state index in [1.165, 1.54) is 0 Å². The van der Waals surface area contributed by atoms with Gasteiger partial charge >= 0.3 is 0 Å². The molecule has 2 N–H and O–H groups in total. The van der Waals surface area contributed by atoms with Gasteiger partial charge in [-0.25, -0.2) is 4.99 Å². The monoisotopic (exact) mass is 408 g/mol. The van der Waals surface area contributed by atoms with Crippen LogP contribution in [0.4, 0.5) is 0 Å². The Morgan fingerprint density at radius 3 is 2.24 bits per heavy atom. The van der Waals surface area contributed by atoms with Gasteiger partial charge in [0.05, 0.1) is 41.1 Å². The maximum atomic E-state index is 5.51. The van der Waals surface area contributed by atoms with Crippen LogP contribution in [-0.4, -0.2) is 77.1 Å². The topological polar surface area (TPSA) is 76.6 Å². The Kier molecular flexibility index (Phi) is 8.85. The fraction of sp³-hybridized carbons (Fsp3) is 0.667. The highest BCUT2D eigenvalue weighted by atomic mass is 16.5. The molecule has 0 bridgehead atoms. The highest BCUT2D eigenvalue weighted by Crippen LogP contribution is 2.34. The van der Waals surface area contributed by atoms with Crippen LogP contribution in [0.5, 0.6) is 17.2 Å². The second-order valence-electron chi connectivity index (χ2n) is 7.48. The van der Waals surface area contributed by atoms with E-state index in [9.17, 15) is 0 Å². The molecule has 8 heteroatoms. The molecule has 1 aliphatic heterocycles. The highest BCUT2D eigenvalue weighted by molar-refractivity contribution is 5.79. The number of morpholine rings is 1. The summed E-state index contributed by atoms with van der Waals surface area (Å²) in [5.74, 6) is 2.78. The third-order valence-corrected chi connectivity index (χ3v) is 5.09. The van der Waals surface area contributed by atoms with Gasteiger partial charge < -0.3 is 29.6 Å². The second kappa shape index (κ2) is 11.1. The van der Waals surface area contributed by atoms with Gasteiger partial charge in [0, 0.05) is 43.3 Å². The van der Waals surface area contributed by atoms with Crippen LogP contribution in [0.2, 0.25) is 0 Å². The fourth-order valence-corrected chi connectivity index (χ4v) is 3.30. The SMILES string of the molecule is CCNC(=NCc1cc(OC)c(OC)cc1OC)NCC(C)(C)N1CCOCC1. The number of hydrogen-bond donors (Lipinski definition) is 2. The summed E-state index contributed by atoms with van der Waals surface area (Å²) in [5, 5.41) is 6.79. The molecule has 0 spiro atoms. The Morgan fingerprint density at radius 1 is 1.03 bits per heavy atom. The number of rotatable bonds is 9. The third-order valence-electron chi connectivity index (χ3n) is 5.09. The van der Waals surface area contributed by atoms with E-state index in [-0.39, 0.29) is 5.54 Å². The van der Waals surface area contributed by atoms with Gasteiger partial charge in [-0.3, -0.25) is 4.90 Å². The van der Waals surface area contributed by atoms with Crippen molar-refractivity contribution in [2.24, 2.45) is 4.99 Å². The van der Waals surface area contributed by atoms with Gasteiger partial charge in [0.1, 0.15) is 5.75 Å². The summed E-state index contributed by atoms with van der Waals surface area (Å²) in [4.78, 5) is 7.20. The Labute approximate surface area is 174 Å². The summed E-state index contributed by atoms with van der Waals surface area (Å²) in [6.07, 6.45) is 0. The molecular weight excluding hydrogens is 372 g/mol. The van der Waals surface area contributed by atoms with Crippen LogP contribution >= 0.6 is 0 Å². The van der Waals surface area contributed by atoms with Crippen molar-refractivity contribution in [1.82, 2.24) is 15.5 Å². The van der Waals surface area contributed by atoms with Crippen LogP contribution in [0.25, 0.3) is 0 Å². The predicted molar refractivity (Wildman–Crippen MR) is 115 cm³/mol. The van der Waals surface area contributed by atoms with Crippen molar-refractivity contribution in [2.45, 2.75) is 32.9 Å². The summed E-state index contributed by atoms with van der Waals surface area (Å²) in [6, 6.07) is 3.73. The lowest BCUT2D eigenvalue weighted by molar-refractivity contribution is -0.00834. The van der Waals surface area contributed by atoms with Crippen LogP contribution in [0.3, 0.4) is 0 Å². The second-order valence-corrected chi connectivity index (χ2v) is 7.48. The van der Waals surface area contributed by atoms with Gasteiger partial charge in [-0.15, -0.1) is 0 Å². The van der Waals surface area contributed by atoms with Crippen molar-refractivity contribution in [1.29, 1.82) is 0 Å². The minimum Gasteiger partial charge on any atom is -0.496 e. The number of nitrogens with one attached hydrogen (secondary N) is 2. The molecule has 164 valence electrons. The van der Waals surface area contributed by atoms with E-state index in [0.29, 0.717) is 18.0 Å². The summed E-state index contributed by atoms with van der Waals surface area (Å²) < 4.78 is 21.8. The Hall–Kier alpha value is -2.19. The van der Waals surface area contributed by atoms with E-state index in [1.54, 1.807) is 21.3 Å². The lowest BCUT2D eigenvalue weighted by Crippen LogP contribution is -2.56. The molecule has 1 aromatic rings. The van der Waals surface area contributed by atoms with Crippen molar-refractivity contribution in [2.75, 3.05) is 60.7 Å². The van der Waals surface area contributed by atoms with Crippen molar-refractivity contribution in [3.8, 4) is 17.2 Å². The third kappa shape index (κ3) is 6.40. The quantitative estimate of drug-likeness (QED) is 0.477. The van der Waals surface area contributed by atoms with Gasteiger partial charge in [-0.2, -0.15) is 0 Å². The molecule has 1 aliphatic rings. The maximum Gasteiger partial charge on any atom is 0.191 e. The first-order valence-corrected chi connectivity index (χ1v) is 10.1. The number of methoxy groups -OCH3 is 3. The van der Waals surface area contributed by atoms with E-state index in [0.717, 1.165) is 56.7 Å². The number of hydrogen-bond acceptors (Lipinski definition) is 6. The molecule has 0 atom stereocenters.